The van der Waals surface area contributed by atoms with Gasteiger partial charge in [-0.25, -0.2) is 0 Å². The summed E-state index contributed by atoms with van der Waals surface area (Å²) in [5.41, 5.74) is 1.45. The van der Waals surface area contributed by atoms with Crippen molar-refractivity contribution in [1.82, 2.24) is 0 Å². The lowest BCUT2D eigenvalue weighted by Gasteiger charge is -2.04. The molecule has 0 saturated heterocycles. The number of hydrogen-bond donors (Lipinski definition) is 0. The minimum atomic E-state index is 1.23. The highest BCUT2D eigenvalue weighted by atomic mass is 14.0. The highest BCUT2D eigenvalue weighted by Gasteiger charge is 1.96. The van der Waals surface area contributed by atoms with Crippen LogP contribution in [0.25, 0.3) is 0 Å². The van der Waals surface area contributed by atoms with Crippen LogP contribution in [-0.4, -0.2) is 0 Å². The quantitative estimate of drug-likeness (QED) is 0.217. The van der Waals surface area contributed by atoms with Crippen LogP contribution >= 0.6 is 0 Å². The van der Waals surface area contributed by atoms with Crippen molar-refractivity contribution in [3.63, 3.8) is 0 Å². The smallest absolute Gasteiger partial charge is 0.0181 e. The van der Waals surface area contributed by atoms with Crippen molar-refractivity contribution in [2.75, 3.05) is 0 Å². The van der Waals surface area contributed by atoms with Gasteiger partial charge < -0.3 is 0 Å². The van der Waals surface area contributed by atoms with E-state index in [9.17, 15) is 0 Å². The van der Waals surface area contributed by atoms with Crippen molar-refractivity contribution < 1.29 is 0 Å². The summed E-state index contributed by atoms with van der Waals surface area (Å²) < 4.78 is 0. The summed E-state index contributed by atoms with van der Waals surface area (Å²) in [5, 5.41) is 0. The van der Waals surface area contributed by atoms with Crippen molar-refractivity contribution in [3.8, 4) is 0 Å². The maximum absolute atomic E-state index is 3.17. The molecule has 0 atom stereocenters. The first-order chi connectivity index (χ1) is 12.9. The topological polar surface area (TPSA) is 0 Å². The van der Waals surface area contributed by atoms with Crippen molar-refractivity contribution in [1.29, 1.82) is 0 Å². The van der Waals surface area contributed by atoms with Crippen LogP contribution in [0.3, 0.4) is 0 Å². The molecule has 0 aliphatic heterocycles. The number of aryl methyl sites for hydroxylation is 1. The van der Waals surface area contributed by atoms with Crippen LogP contribution in [0.5, 0.6) is 0 Å². The fourth-order valence-corrected chi connectivity index (χ4v) is 3.82. The molecule has 1 radical (unpaired) electrons. The van der Waals surface area contributed by atoms with Crippen LogP contribution in [-0.2, 0) is 6.42 Å². The van der Waals surface area contributed by atoms with E-state index in [0.29, 0.717) is 0 Å². The standard InChI is InChI=1S/C26H45/c1-2-3-4-5-6-7-8-9-10-11-12-13-14-15-16-17-18-20-23-26-24-21-19-22-25-26/h19,21,24-25H,2-18,20,23H2,1H3. The van der Waals surface area contributed by atoms with Crippen LogP contribution in [0.1, 0.15) is 128 Å². The van der Waals surface area contributed by atoms with E-state index >= 15 is 0 Å². The molecule has 0 nitrogen and oxygen atoms in total. The van der Waals surface area contributed by atoms with Crippen molar-refractivity contribution in [3.05, 3.63) is 35.9 Å². The van der Waals surface area contributed by atoms with E-state index in [1.807, 2.05) is 6.07 Å². The molecule has 0 spiro atoms. The van der Waals surface area contributed by atoms with Gasteiger partial charge in [0.05, 0.1) is 0 Å². The van der Waals surface area contributed by atoms with Gasteiger partial charge in [-0.3, -0.25) is 0 Å². The first kappa shape index (κ1) is 23.3. The molecule has 26 heavy (non-hydrogen) atoms. The van der Waals surface area contributed by atoms with Crippen LogP contribution in [0.2, 0.25) is 0 Å². The maximum Gasteiger partial charge on any atom is -0.0181 e. The summed E-state index contributed by atoms with van der Waals surface area (Å²) >= 11 is 0. The molecule has 149 valence electrons. The minimum Gasteiger partial charge on any atom is -0.0654 e. The van der Waals surface area contributed by atoms with Gasteiger partial charge in [0.25, 0.3) is 0 Å². The lowest BCUT2D eigenvalue weighted by atomic mass is 10.0. The molecule has 1 aromatic carbocycles. The number of unbranched alkanes of at least 4 members (excludes halogenated alkanes) is 17. The molecule has 0 unspecified atom stereocenters. The molecule has 0 heteroatoms. The SMILES string of the molecule is CCCCCCCCCCCCCCCCCCCCc1c[c]ccc1. The first-order valence-corrected chi connectivity index (χ1v) is 11.9. The molecular formula is C26H45. The molecule has 0 bridgehead atoms. The van der Waals surface area contributed by atoms with Gasteiger partial charge in [-0.15, -0.1) is 0 Å². The number of benzene rings is 1. The zero-order chi connectivity index (χ0) is 18.5. The molecule has 0 aliphatic carbocycles. The Labute approximate surface area is 165 Å². The highest BCUT2D eigenvalue weighted by molar-refractivity contribution is 5.13. The van der Waals surface area contributed by atoms with E-state index < -0.39 is 0 Å². The maximum atomic E-state index is 3.17. The van der Waals surface area contributed by atoms with Crippen LogP contribution in [0.4, 0.5) is 0 Å². The predicted molar refractivity (Wildman–Crippen MR) is 118 cm³/mol. The third-order valence-electron chi connectivity index (χ3n) is 5.59. The highest BCUT2D eigenvalue weighted by Crippen LogP contribution is 2.14. The summed E-state index contributed by atoms with van der Waals surface area (Å²) in [7, 11) is 0. The fourth-order valence-electron chi connectivity index (χ4n) is 3.82. The second-order valence-corrected chi connectivity index (χ2v) is 8.17. The van der Waals surface area contributed by atoms with Crippen LogP contribution in [0, 0.1) is 6.07 Å². The average Bonchev–Trinajstić information content (AvgIpc) is 2.68. The van der Waals surface area contributed by atoms with E-state index in [0.717, 1.165) is 0 Å². The third-order valence-corrected chi connectivity index (χ3v) is 5.59. The van der Waals surface area contributed by atoms with E-state index in [2.05, 4.69) is 31.2 Å². The Kier molecular flexibility index (Phi) is 17.0. The average molecular weight is 358 g/mol. The van der Waals surface area contributed by atoms with Crippen LogP contribution < -0.4 is 0 Å². The fraction of sp³-hybridized carbons (Fsp3) is 0.769. The van der Waals surface area contributed by atoms with Crippen molar-refractivity contribution in [2.24, 2.45) is 0 Å². The van der Waals surface area contributed by atoms with Gasteiger partial charge in [-0.05, 0) is 24.5 Å². The van der Waals surface area contributed by atoms with E-state index in [1.54, 1.807) is 0 Å². The summed E-state index contributed by atoms with van der Waals surface area (Å²) in [6.07, 6.45) is 27.3. The lowest BCUT2D eigenvalue weighted by Crippen LogP contribution is -1.86. The molecule has 0 heterocycles. The number of hydrogen-bond acceptors (Lipinski definition) is 0. The molecule has 0 N–H and O–H groups in total. The second-order valence-electron chi connectivity index (χ2n) is 8.17. The molecule has 0 aromatic heterocycles. The predicted octanol–water partition coefficient (Wildman–Crippen LogP) is 9.07. The lowest BCUT2D eigenvalue weighted by molar-refractivity contribution is 0.525. The Morgan fingerprint density at radius 1 is 0.577 bits per heavy atom. The Morgan fingerprint density at radius 3 is 1.38 bits per heavy atom. The Balaban J connectivity index is 1.68. The molecular weight excluding hydrogens is 312 g/mol. The second kappa shape index (κ2) is 19.0. The van der Waals surface area contributed by atoms with Gasteiger partial charge in [0, 0.05) is 0 Å². The van der Waals surface area contributed by atoms with E-state index in [-0.39, 0.29) is 0 Å². The summed E-state index contributed by atoms with van der Waals surface area (Å²) in [6, 6.07) is 11.6. The largest absolute Gasteiger partial charge is 0.0654 e. The molecule has 0 fully saturated rings. The molecule has 0 saturated carbocycles. The zero-order valence-electron chi connectivity index (χ0n) is 17.7. The monoisotopic (exact) mass is 357 g/mol. The molecule has 0 amide bonds. The Hall–Kier alpha value is -0.780. The van der Waals surface area contributed by atoms with Crippen molar-refractivity contribution >= 4 is 0 Å². The van der Waals surface area contributed by atoms with Gasteiger partial charge >= 0.3 is 0 Å². The van der Waals surface area contributed by atoms with Crippen LogP contribution in [0.15, 0.2) is 24.3 Å². The van der Waals surface area contributed by atoms with Gasteiger partial charge in [0.15, 0.2) is 0 Å². The Bertz CT molecular complexity index is 367. The van der Waals surface area contributed by atoms with Gasteiger partial charge in [-0.2, -0.15) is 0 Å². The third kappa shape index (κ3) is 15.5. The summed E-state index contributed by atoms with van der Waals surface area (Å²) in [4.78, 5) is 0. The van der Waals surface area contributed by atoms with Gasteiger partial charge in [0.2, 0.25) is 0 Å². The number of rotatable bonds is 19. The van der Waals surface area contributed by atoms with E-state index in [4.69, 9.17) is 0 Å². The summed E-state index contributed by atoms with van der Waals surface area (Å²) in [6.45, 7) is 2.30. The van der Waals surface area contributed by atoms with E-state index in [1.165, 1.54) is 128 Å². The first-order valence-electron chi connectivity index (χ1n) is 11.9. The molecule has 1 aromatic rings. The van der Waals surface area contributed by atoms with Crippen molar-refractivity contribution in [2.45, 2.75) is 129 Å². The molecule has 1 rings (SSSR count). The zero-order valence-corrected chi connectivity index (χ0v) is 17.7. The van der Waals surface area contributed by atoms with Gasteiger partial charge in [-0.1, -0.05) is 140 Å². The molecule has 0 aliphatic rings. The minimum absolute atomic E-state index is 1.23. The Morgan fingerprint density at radius 2 is 1.00 bits per heavy atom. The normalized spacial score (nSPS) is 11.1. The summed E-state index contributed by atoms with van der Waals surface area (Å²) in [5.74, 6) is 0. The van der Waals surface area contributed by atoms with Gasteiger partial charge in [0.1, 0.15) is 0 Å².